The predicted octanol–water partition coefficient (Wildman–Crippen LogP) is 1.84. The SMILES string of the molecule is O=C(O)c1noc2c1CN(C(=O)CC1CCCC1)CC2. The molecule has 2 heterocycles. The molecule has 1 N–H and O–H groups in total. The topological polar surface area (TPSA) is 83.6 Å². The van der Waals surface area contributed by atoms with Gasteiger partial charge >= 0.3 is 5.97 Å². The summed E-state index contributed by atoms with van der Waals surface area (Å²) >= 11 is 0. The molecule has 0 aromatic carbocycles. The lowest BCUT2D eigenvalue weighted by Crippen LogP contribution is -2.36. The number of nitrogens with zero attached hydrogens (tertiary/aromatic N) is 2. The second-order valence-electron chi connectivity index (χ2n) is 5.66. The van der Waals surface area contributed by atoms with E-state index in [4.69, 9.17) is 9.63 Å². The third-order valence-electron chi connectivity index (χ3n) is 4.32. The van der Waals surface area contributed by atoms with Crippen LogP contribution in [0.5, 0.6) is 0 Å². The summed E-state index contributed by atoms with van der Waals surface area (Å²) in [7, 11) is 0. The van der Waals surface area contributed by atoms with E-state index in [0.29, 0.717) is 43.2 Å². The maximum Gasteiger partial charge on any atom is 0.358 e. The molecule has 6 nitrogen and oxygen atoms in total. The first-order valence-corrected chi connectivity index (χ1v) is 7.13. The first-order valence-electron chi connectivity index (χ1n) is 7.13. The standard InChI is InChI=1S/C14H18N2O4/c17-12(7-9-3-1-2-4-9)16-6-5-11-10(8-16)13(14(18)19)15-20-11/h9H,1-8H2,(H,18,19). The summed E-state index contributed by atoms with van der Waals surface area (Å²) in [6.45, 7) is 0.902. The fraction of sp³-hybridized carbons (Fsp3) is 0.643. The van der Waals surface area contributed by atoms with E-state index in [-0.39, 0.29) is 11.6 Å². The zero-order chi connectivity index (χ0) is 14.1. The van der Waals surface area contributed by atoms with Crippen LogP contribution >= 0.6 is 0 Å². The van der Waals surface area contributed by atoms with Crippen molar-refractivity contribution in [1.82, 2.24) is 10.1 Å². The smallest absolute Gasteiger partial charge is 0.358 e. The Morgan fingerprint density at radius 1 is 1.35 bits per heavy atom. The van der Waals surface area contributed by atoms with Crippen LogP contribution in [0.4, 0.5) is 0 Å². The Morgan fingerprint density at radius 3 is 2.80 bits per heavy atom. The molecule has 1 fully saturated rings. The third kappa shape index (κ3) is 2.42. The fourth-order valence-electron chi connectivity index (χ4n) is 3.18. The lowest BCUT2D eigenvalue weighted by molar-refractivity contribution is -0.133. The number of fused-ring (bicyclic) bond motifs is 1. The molecule has 6 heteroatoms. The Balaban J connectivity index is 1.69. The highest BCUT2D eigenvalue weighted by Gasteiger charge is 2.30. The first kappa shape index (κ1) is 13.1. The highest BCUT2D eigenvalue weighted by molar-refractivity contribution is 5.87. The van der Waals surface area contributed by atoms with Crippen molar-refractivity contribution in [2.45, 2.75) is 45.1 Å². The molecule has 1 saturated carbocycles. The van der Waals surface area contributed by atoms with Gasteiger partial charge in [0.25, 0.3) is 0 Å². The number of rotatable bonds is 3. The zero-order valence-electron chi connectivity index (χ0n) is 11.3. The van der Waals surface area contributed by atoms with Gasteiger partial charge in [-0.2, -0.15) is 0 Å². The summed E-state index contributed by atoms with van der Waals surface area (Å²) in [6, 6.07) is 0. The summed E-state index contributed by atoms with van der Waals surface area (Å²) in [6.07, 6.45) is 5.85. The maximum atomic E-state index is 12.3. The molecule has 3 rings (SSSR count). The monoisotopic (exact) mass is 278 g/mol. The van der Waals surface area contributed by atoms with Gasteiger partial charge in [0.05, 0.1) is 6.54 Å². The van der Waals surface area contributed by atoms with Gasteiger partial charge in [-0.15, -0.1) is 0 Å². The summed E-state index contributed by atoms with van der Waals surface area (Å²) in [5.74, 6) is 0.137. The van der Waals surface area contributed by atoms with Crippen molar-refractivity contribution in [3.8, 4) is 0 Å². The maximum absolute atomic E-state index is 12.3. The van der Waals surface area contributed by atoms with Gasteiger partial charge in [0.2, 0.25) is 5.91 Å². The van der Waals surface area contributed by atoms with E-state index in [1.165, 1.54) is 12.8 Å². The lowest BCUT2D eigenvalue weighted by Gasteiger charge is -2.27. The van der Waals surface area contributed by atoms with Gasteiger partial charge in [0.15, 0.2) is 5.69 Å². The zero-order valence-corrected chi connectivity index (χ0v) is 11.3. The van der Waals surface area contributed by atoms with Crippen LogP contribution in [0.25, 0.3) is 0 Å². The minimum Gasteiger partial charge on any atom is -0.476 e. The number of hydrogen-bond donors (Lipinski definition) is 1. The summed E-state index contributed by atoms with van der Waals surface area (Å²) < 4.78 is 5.04. The van der Waals surface area contributed by atoms with Gasteiger partial charge in [0, 0.05) is 24.9 Å². The van der Waals surface area contributed by atoms with E-state index < -0.39 is 5.97 Å². The molecule has 108 valence electrons. The number of hydrogen-bond acceptors (Lipinski definition) is 4. The van der Waals surface area contributed by atoms with Crippen molar-refractivity contribution in [2.75, 3.05) is 6.54 Å². The molecule has 0 atom stereocenters. The van der Waals surface area contributed by atoms with Gasteiger partial charge in [0.1, 0.15) is 5.76 Å². The molecule has 0 bridgehead atoms. The normalized spacial score (nSPS) is 19.1. The van der Waals surface area contributed by atoms with Gasteiger partial charge in [-0.1, -0.05) is 18.0 Å². The average Bonchev–Trinajstić information content (AvgIpc) is 3.06. The number of carboxylic acid groups (broad SMARTS) is 1. The fourth-order valence-corrected chi connectivity index (χ4v) is 3.18. The molecule has 1 aliphatic carbocycles. The van der Waals surface area contributed by atoms with E-state index in [9.17, 15) is 9.59 Å². The molecule has 20 heavy (non-hydrogen) atoms. The van der Waals surface area contributed by atoms with Crippen LogP contribution < -0.4 is 0 Å². The van der Waals surface area contributed by atoms with Crippen molar-refractivity contribution < 1.29 is 19.2 Å². The van der Waals surface area contributed by atoms with E-state index in [2.05, 4.69) is 5.16 Å². The van der Waals surface area contributed by atoms with Crippen molar-refractivity contribution in [3.05, 3.63) is 17.0 Å². The van der Waals surface area contributed by atoms with Crippen LogP contribution in [-0.4, -0.2) is 33.6 Å². The van der Waals surface area contributed by atoms with Crippen molar-refractivity contribution in [3.63, 3.8) is 0 Å². The van der Waals surface area contributed by atoms with Gasteiger partial charge < -0.3 is 14.5 Å². The van der Waals surface area contributed by atoms with Crippen molar-refractivity contribution in [2.24, 2.45) is 5.92 Å². The Labute approximate surface area is 116 Å². The Hall–Kier alpha value is -1.85. The van der Waals surface area contributed by atoms with Crippen LogP contribution in [0, 0.1) is 5.92 Å². The van der Waals surface area contributed by atoms with Gasteiger partial charge in [-0.3, -0.25) is 4.79 Å². The molecule has 0 spiro atoms. The minimum atomic E-state index is -1.10. The van der Waals surface area contributed by atoms with E-state index in [1.807, 2.05) is 0 Å². The Kier molecular flexibility index (Phi) is 3.46. The molecule has 1 aromatic heterocycles. The quantitative estimate of drug-likeness (QED) is 0.912. The highest BCUT2D eigenvalue weighted by Crippen LogP contribution is 2.29. The number of aromatic nitrogens is 1. The molecular formula is C14H18N2O4. The molecule has 0 radical (unpaired) electrons. The second-order valence-corrected chi connectivity index (χ2v) is 5.66. The third-order valence-corrected chi connectivity index (χ3v) is 4.32. The minimum absolute atomic E-state index is 0.0571. The largest absolute Gasteiger partial charge is 0.476 e. The number of amides is 1. The van der Waals surface area contributed by atoms with Gasteiger partial charge in [-0.05, 0) is 18.8 Å². The van der Waals surface area contributed by atoms with E-state index in [1.54, 1.807) is 4.90 Å². The Bertz CT molecular complexity index is 531. The van der Waals surface area contributed by atoms with Crippen LogP contribution in [0.3, 0.4) is 0 Å². The summed E-state index contributed by atoms with van der Waals surface area (Å²) in [4.78, 5) is 25.1. The molecule has 1 amide bonds. The van der Waals surface area contributed by atoms with Crippen LogP contribution in [0.15, 0.2) is 4.52 Å². The molecule has 0 saturated heterocycles. The summed E-state index contributed by atoms with van der Waals surface area (Å²) in [5, 5.41) is 12.6. The average molecular weight is 278 g/mol. The number of aromatic carboxylic acids is 1. The number of carbonyl (C=O) groups is 2. The van der Waals surface area contributed by atoms with E-state index in [0.717, 1.165) is 12.8 Å². The number of carboxylic acids is 1. The van der Waals surface area contributed by atoms with E-state index >= 15 is 0 Å². The molecule has 0 unspecified atom stereocenters. The lowest BCUT2D eigenvalue weighted by atomic mass is 10.0. The highest BCUT2D eigenvalue weighted by atomic mass is 16.5. The van der Waals surface area contributed by atoms with Crippen LogP contribution in [0.1, 0.15) is 53.9 Å². The van der Waals surface area contributed by atoms with Crippen molar-refractivity contribution in [1.29, 1.82) is 0 Å². The molecule has 1 aliphatic heterocycles. The van der Waals surface area contributed by atoms with Crippen LogP contribution in [-0.2, 0) is 17.8 Å². The van der Waals surface area contributed by atoms with Crippen LogP contribution in [0.2, 0.25) is 0 Å². The van der Waals surface area contributed by atoms with Crippen molar-refractivity contribution >= 4 is 11.9 Å². The molecule has 2 aliphatic rings. The Morgan fingerprint density at radius 2 is 2.10 bits per heavy atom. The number of carbonyl (C=O) groups excluding carboxylic acids is 1. The van der Waals surface area contributed by atoms with Gasteiger partial charge in [-0.25, -0.2) is 4.79 Å². The predicted molar refractivity (Wildman–Crippen MR) is 69.2 cm³/mol. The molecular weight excluding hydrogens is 260 g/mol. The summed E-state index contributed by atoms with van der Waals surface area (Å²) in [5.41, 5.74) is 0.502. The first-order chi connectivity index (χ1) is 9.65. The second kappa shape index (κ2) is 5.26. The molecule has 1 aromatic rings.